The van der Waals surface area contributed by atoms with Crippen molar-refractivity contribution in [3.05, 3.63) is 65.5 Å². The number of hydrogen-bond acceptors (Lipinski definition) is 3. The van der Waals surface area contributed by atoms with E-state index < -0.39 is 0 Å². The number of amides is 1. The summed E-state index contributed by atoms with van der Waals surface area (Å²) in [6.07, 6.45) is 1.01. The van der Waals surface area contributed by atoms with Gasteiger partial charge in [0.2, 0.25) is 5.91 Å². The summed E-state index contributed by atoms with van der Waals surface area (Å²) in [5.41, 5.74) is 7.41. The number of rotatable bonds is 7. The SMILES string of the molecule is C[C@H](N[C@@H]1C[C@H]1c1ccc(OCc2ccc(F)cc2)cc1)C(N)=O. The second-order valence-corrected chi connectivity index (χ2v) is 6.22. The first kappa shape index (κ1) is 16.5. The lowest BCUT2D eigenvalue weighted by Crippen LogP contribution is -2.40. The second-order valence-electron chi connectivity index (χ2n) is 6.22. The predicted molar refractivity (Wildman–Crippen MR) is 90.1 cm³/mol. The zero-order valence-corrected chi connectivity index (χ0v) is 13.5. The van der Waals surface area contributed by atoms with Crippen LogP contribution in [-0.2, 0) is 11.4 Å². The first-order chi connectivity index (χ1) is 11.5. The van der Waals surface area contributed by atoms with Crippen LogP contribution >= 0.6 is 0 Å². The summed E-state index contributed by atoms with van der Waals surface area (Å²) in [5, 5.41) is 3.23. The fraction of sp³-hybridized carbons (Fsp3) is 0.316. The molecule has 3 N–H and O–H groups in total. The minimum absolute atomic E-state index is 0.249. The zero-order valence-electron chi connectivity index (χ0n) is 13.5. The molecule has 0 unspecified atom stereocenters. The summed E-state index contributed by atoms with van der Waals surface area (Å²) in [7, 11) is 0. The van der Waals surface area contributed by atoms with Gasteiger partial charge in [-0.05, 0) is 48.7 Å². The quantitative estimate of drug-likeness (QED) is 0.821. The number of halogens is 1. The summed E-state index contributed by atoms with van der Waals surface area (Å²) >= 11 is 0. The van der Waals surface area contributed by atoms with E-state index in [1.165, 1.54) is 17.7 Å². The molecule has 0 aromatic heterocycles. The maximum atomic E-state index is 12.9. The Balaban J connectivity index is 1.51. The predicted octanol–water partition coefficient (Wildman–Crippen LogP) is 2.72. The van der Waals surface area contributed by atoms with Crippen LogP contribution in [0.15, 0.2) is 48.5 Å². The number of nitrogens with two attached hydrogens (primary N) is 1. The Kier molecular flexibility index (Phi) is 4.81. The molecule has 4 nitrogen and oxygen atoms in total. The van der Waals surface area contributed by atoms with E-state index in [0.29, 0.717) is 18.6 Å². The van der Waals surface area contributed by atoms with Gasteiger partial charge >= 0.3 is 0 Å². The van der Waals surface area contributed by atoms with E-state index in [1.54, 1.807) is 19.1 Å². The summed E-state index contributed by atoms with van der Waals surface area (Å²) in [6, 6.07) is 14.2. The molecule has 1 aliphatic carbocycles. The Bertz CT molecular complexity index is 700. The van der Waals surface area contributed by atoms with Gasteiger partial charge in [-0.15, -0.1) is 0 Å². The van der Waals surface area contributed by atoms with Crippen molar-refractivity contribution in [2.75, 3.05) is 0 Å². The molecule has 1 aliphatic rings. The highest BCUT2D eigenvalue weighted by Gasteiger charge is 2.39. The van der Waals surface area contributed by atoms with Crippen molar-refractivity contribution in [2.24, 2.45) is 5.73 Å². The average molecular weight is 328 g/mol. The van der Waals surface area contributed by atoms with E-state index >= 15 is 0 Å². The third kappa shape index (κ3) is 4.11. The maximum absolute atomic E-state index is 12.9. The number of benzene rings is 2. The molecule has 5 heteroatoms. The number of carbonyl (C=O) groups is 1. The van der Waals surface area contributed by atoms with Crippen molar-refractivity contribution in [1.29, 1.82) is 0 Å². The minimum atomic E-state index is -0.329. The monoisotopic (exact) mass is 328 g/mol. The van der Waals surface area contributed by atoms with Crippen LogP contribution in [0.4, 0.5) is 4.39 Å². The van der Waals surface area contributed by atoms with Crippen LogP contribution < -0.4 is 15.8 Å². The van der Waals surface area contributed by atoms with Gasteiger partial charge in [0.1, 0.15) is 18.2 Å². The Hall–Kier alpha value is -2.40. The Morgan fingerprint density at radius 3 is 2.54 bits per heavy atom. The van der Waals surface area contributed by atoms with Gasteiger partial charge in [-0.25, -0.2) is 4.39 Å². The second kappa shape index (κ2) is 7.01. The van der Waals surface area contributed by atoms with Gasteiger partial charge in [-0.3, -0.25) is 4.79 Å². The average Bonchev–Trinajstić information content (AvgIpc) is 3.34. The third-order valence-electron chi connectivity index (χ3n) is 4.31. The highest BCUT2D eigenvalue weighted by molar-refractivity contribution is 5.79. The van der Waals surface area contributed by atoms with Crippen molar-refractivity contribution in [1.82, 2.24) is 5.32 Å². The summed E-state index contributed by atoms with van der Waals surface area (Å²) in [6.45, 7) is 2.19. The molecule has 1 saturated carbocycles. The Labute approximate surface area is 140 Å². The van der Waals surface area contributed by atoms with E-state index in [1.807, 2.05) is 24.3 Å². The molecule has 3 rings (SSSR count). The van der Waals surface area contributed by atoms with Crippen LogP contribution in [0.1, 0.15) is 30.4 Å². The Morgan fingerprint density at radius 1 is 1.25 bits per heavy atom. The zero-order chi connectivity index (χ0) is 17.1. The van der Waals surface area contributed by atoms with Gasteiger partial charge < -0.3 is 15.8 Å². The first-order valence-corrected chi connectivity index (χ1v) is 8.05. The molecule has 3 atom stereocenters. The van der Waals surface area contributed by atoms with Crippen LogP contribution in [0.3, 0.4) is 0 Å². The van der Waals surface area contributed by atoms with Crippen LogP contribution in [0, 0.1) is 5.82 Å². The highest BCUT2D eigenvalue weighted by Crippen LogP contribution is 2.41. The van der Waals surface area contributed by atoms with E-state index in [0.717, 1.165) is 17.7 Å². The lowest BCUT2D eigenvalue weighted by atomic mass is 10.1. The van der Waals surface area contributed by atoms with E-state index in [9.17, 15) is 9.18 Å². The van der Waals surface area contributed by atoms with Crippen molar-refractivity contribution in [2.45, 2.75) is 38.0 Å². The van der Waals surface area contributed by atoms with Gasteiger partial charge in [0, 0.05) is 12.0 Å². The highest BCUT2D eigenvalue weighted by atomic mass is 19.1. The molecule has 0 radical (unpaired) electrons. The van der Waals surface area contributed by atoms with Crippen LogP contribution in [-0.4, -0.2) is 18.0 Å². The van der Waals surface area contributed by atoms with Crippen molar-refractivity contribution < 1.29 is 13.9 Å². The number of hydrogen-bond donors (Lipinski definition) is 2. The summed E-state index contributed by atoms with van der Waals surface area (Å²) in [5.74, 6) is 0.614. The van der Waals surface area contributed by atoms with E-state index in [-0.39, 0.29) is 17.8 Å². The summed E-state index contributed by atoms with van der Waals surface area (Å²) < 4.78 is 18.6. The van der Waals surface area contributed by atoms with Crippen molar-refractivity contribution >= 4 is 5.91 Å². The fourth-order valence-corrected chi connectivity index (χ4v) is 2.71. The van der Waals surface area contributed by atoms with Gasteiger partial charge in [0.05, 0.1) is 6.04 Å². The number of carbonyl (C=O) groups excluding carboxylic acids is 1. The molecule has 1 amide bonds. The number of nitrogens with one attached hydrogen (secondary N) is 1. The molecular weight excluding hydrogens is 307 g/mol. The normalized spacial score (nSPS) is 20.4. The number of primary amides is 1. The largest absolute Gasteiger partial charge is 0.489 e. The molecule has 0 aliphatic heterocycles. The van der Waals surface area contributed by atoms with Crippen molar-refractivity contribution in [3.63, 3.8) is 0 Å². The van der Waals surface area contributed by atoms with Gasteiger partial charge in [-0.2, -0.15) is 0 Å². The van der Waals surface area contributed by atoms with E-state index in [2.05, 4.69) is 5.32 Å². The molecule has 0 bridgehead atoms. The van der Waals surface area contributed by atoms with Gasteiger partial charge in [-0.1, -0.05) is 24.3 Å². The molecule has 0 saturated heterocycles. The molecule has 0 heterocycles. The smallest absolute Gasteiger partial charge is 0.234 e. The molecule has 2 aromatic rings. The molecule has 2 aromatic carbocycles. The minimum Gasteiger partial charge on any atom is -0.489 e. The topological polar surface area (TPSA) is 64.3 Å². The van der Waals surface area contributed by atoms with Crippen LogP contribution in [0.2, 0.25) is 0 Å². The van der Waals surface area contributed by atoms with Gasteiger partial charge in [0.15, 0.2) is 0 Å². The van der Waals surface area contributed by atoms with Crippen LogP contribution in [0.5, 0.6) is 5.75 Å². The van der Waals surface area contributed by atoms with E-state index in [4.69, 9.17) is 10.5 Å². The van der Waals surface area contributed by atoms with Crippen molar-refractivity contribution in [3.8, 4) is 5.75 Å². The number of ether oxygens (including phenoxy) is 1. The maximum Gasteiger partial charge on any atom is 0.234 e. The third-order valence-corrected chi connectivity index (χ3v) is 4.31. The molecule has 1 fully saturated rings. The van der Waals surface area contributed by atoms with Gasteiger partial charge in [0.25, 0.3) is 0 Å². The molecule has 0 spiro atoms. The lowest BCUT2D eigenvalue weighted by molar-refractivity contribution is -0.119. The standard InChI is InChI=1S/C19H21FN2O2/c1-12(19(21)23)22-18-10-17(18)14-4-8-16(9-5-14)24-11-13-2-6-15(20)7-3-13/h2-9,12,17-18,22H,10-11H2,1H3,(H2,21,23)/t12-,17-,18+/m0/s1. The fourth-order valence-electron chi connectivity index (χ4n) is 2.71. The van der Waals surface area contributed by atoms with Crippen LogP contribution in [0.25, 0.3) is 0 Å². The molecule has 24 heavy (non-hydrogen) atoms. The first-order valence-electron chi connectivity index (χ1n) is 8.05. The lowest BCUT2D eigenvalue weighted by Gasteiger charge is -2.10. The molecule has 126 valence electrons. The Morgan fingerprint density at radius 2 is 1.92 bits per heavy atom. The summed E-state index contributed by atoms with van der Waals surface area (Å²) in [4.78, 5) is 11.1. The molecular formula is C19H21FN2O2.